The van der Waals surface area contributed by atoms with E-state index in [0.29, 0.717) is 39.4 Å². The highest BCUT2D eigenvalue weighted by Crippen LogP contribution is 2.20. The molecule has 0 spiro atoms. The van der Waals surface area contributed by atoms with Gasteiger partial charge in [-0.15, -0.1) is 0 Å². The van der Waals surface area contributed by atoms with Crippen LogP contribution in [-0.2, 0) is 34.9 Å². The number of nitrogens with zero attached hydrogens (tertiary/aromatic N) is 3. The Bertz CT molecular complexity index is 1130. The van der Waals surface area contributed by atoms with Crippen LogP contribution in [0, 0.1) is 0 Å². The Morgan fingerprint density at radius 1 is 0.970 bits per heavy atom. The van der Waals surface area contributed by atoms with E-state index >= 15 is 0 Å². The van der Waals surface area contributed by atoms with Crippen molar-refractivity contribution in [3.8, 4) is 0 Å². The van der Waals surface area contributed by atoms with Crippen LogP contribution < -0.4 is 5.43 Å². The molecule has 2 heterocycles. The number of hydrazine groups is 1. The molecule has 0 aliphatic carbocycles. The number of rotatable bonds is 8. The maximum atomic E-state index is 13.2. The number of hydrogen-bond acceptors (Lipinski definition) is 5. The summed E-state index contributed by atoms with van der Waals surface area (Å²) in [6.45, 7) is 2.36. The van der Waals surface area contributed by atoms with E-state index in [2.05, 4.69) is 5.43 Å². The molecule has 1 aliphatic heterocycles. The Morgan fingerprint density at radius 2 is 1.52 bits per heavy atom. The molecule has 0 saturated carbocycles. The minimum Gasteiger partial charge on any atom is -0.379 e. The molecule has 0 radical (unpaired) electrons. The predicted molar refractivity (Wildman–Crippen MR) is 125 cm³/mol. The second-order valence-corrected chi connectivity index (χ2v) is 9.89. The van der Waals surface area contributed by atoms with Gasteiger partial charge in [-0.3, -0.25) is 10.2 Å². The van der Waals surface area contributed by atoms with Crippen LogP contribution >= 0.6 is 0 Å². The number of benzene rings is 2. The van der Waals surface area contributed by atoms with Crippen molar-refractivity contribution < 1.29 is 17.9 Å². The van der Waals surface area contributed by atoms with Gasteiger partial charge >= 0.3 is 0 Å². The number of hydrogen-bond donors (Lipinski definition) is 1. The van der Waals surface area contributed by atoms with Crippen molar-refractivity contribution in [2.75, 3.05) is 26.3 Å². The number of carbonyl (C=O) groups is 1. The number of morpholine rings is 1. The molecule has 1 saturated heterocycles. The van der Waals surface area contributed by atoms with Crippen molar-refractivity contribution in [1.82, 2.24) is 19.3 Å². The Labute approximate surface area is 194 Å². The summed E-state index contributed by atoms with van der Waals surface area (Å²) < 4.78 is 34.2. The topological polar surface area (TPSA) is 83.9 Å². The van der Waals surface area contributed by atoms with Gasteiger partial charge in [0.1, 0.15) is 10.6 Å². The van der Waals surface area contributed by atoms with Crippen LogP contribution in [0.25, 0.3) is 0 Å². The monoisotopic (exact) mass is 468 g/mol. The summed E-state index contributed by atoms with van der Waals surface area (Å²) in [5.74, 6) is -0.368. The molecule has 0 atom stereocenters. The molecule has 1 fully saturated rings. The smallest absolute Gasteiger partial charge is 0.282 e. The second-order valence-electron chi connectivity index (χ2n) is 7.96. The minimum atomic E-state index is -3.68. The quantitative estimate of drug-likeness (QED) is 0.514. The van der Waals surface area contributed by atoms with Gasteiger partial charge in [-0.2, -0.15) is 4.31 Å². The van der Waals surface area contributed by atoms with Crippen molar-refractivity contribution in [2.45, 2.75) is 18.0 Å². The van der Waals surface area contributed by atoms with Crippen LogP contribution in [0.1, 0.15) is 21.6 Å². The number of amides is 1. The zero-order valence-corrected chi connectivity index (χ0v) is 19.4. The van der Waals surface area contributed by atoms with Crippen LogP contribution in [0.4, 0.5) is 0 Å². The normalized spacial score (nSPS) is 15.0. The van der Waals surface area contributed by atoms with Crippen LogP contribution in [0.3, 0.4) is 0 Å². The molecule has 4 rings (SSSR count). The number of nitrogens with one attached hydrogen (secondary N) is 1. The molecular weight excluding hydrogens is 440 g/mol. The van der Waals surface area contributed by atoms with Gasteiger partial charge in [0.25, 0.3) is 5.91 Å². The lowest BCUT2D eigenvalue weighted by molar-refractivity contribution is 0.0730. The van der Waals surface area contributed by atoms with E-state index in [4.69, 9.17) is 4.74 Å². The standard InChI is InChI=1S/C24H28N4O4S/c1-26-19-22(33(30,31)28-12-14-32-15-13-28)16-23(26)24(29)25-27(17-20-8-4-2-5-9-20)18-21-10-6-3-7-11-21/h2-11,16,19H,12-15,17-18H2,1H3,(H,25,29). The first-order valence-electron chi connectivity index (χ1n) is 10.8. The molecule has 8 nitrogen and oxygen atoms in total. The van der Waals surface area contributed by atoms with Crippen LogP contribution in [0.2, 0.25) is 0 Å². The third kappa shape index (κ3) is 5.69. The zero-order chi connectivity index (χ0) is 23.3. The fourth-order valence-corrected chi connectivity index (χ4v) is 5.26. The van der Waals surface area contributed by atoms with E-state index in [1.165, 1.54) is 16.6 Å². The van der Waals surface area contributed by atoms with E-state index in [0.717, 1.165) is 11.1 Å². The average Bonchev–Trinajstić information content (AvgIpc) is 3.23. The average molecular weight is 469 g/mol. The summed E-state index contributed by atoms with van der Waals surface area (Å²) in [5.41, 5.74) is 5.34. The highest BCUT2D eigenvalue weighted by Gasteiger charge is 2.29. The fourth-order valence-electron chi connectivity index (χ4n) is 3.78. The molecule has 0 bridgehead atoms. The van der Waals surface area contributed by atoms with Gasteiger partial charge in [-0.1, -0.05) is 60.7 Å². The number of aromatic nitrogens is 1. The van der Waals surface area contributed by atoms with Crippen molar-refractivity contribution in [1.29, 1.82) is 0 Å². The molecule has 1 aromatic heterocycles. The summed E-state index contributed by atoms with van der Waals surface area (Å²) in [4.78, 5) is 13.3. The summed E-state index contributed by atoms with van der Waals surface area (Å²) >= 11 is 0. The van der Waals surface area contributed by atoms with Gasteiger partial charge < -0.3 is 9.30 Å². The van der Waals surface area contributed by atoms with E-state index in [1.807, 2.05) is 65.7 Å². The molecule has 2 aromatic carbocycles. The molecule has 9 heteroatoms. The first-order valence-corrected chi connectivity index (χ1v) is 12.3. The predicted octanol–water partition coefficient (Wildman–Crippen LogP) is 2.39. The van der Waals surface area contributed by atoms with E-state index < -0.39 is 10.0 Å². The van der Waals surface area contributed by atoms with E-state index in [1.54, 1.807) is 11.6 Å². The van der Waals surface area contributed by atoms with Gasteiger partial charge in [0, 0.05) is 39.4 Å². The van der Waals surface area contributed by atoms with Crippen molar-refractivity contribution in [3.05, 3.63) is 89.7 Å². The number of carbonyl (C=O) groups excluding carboxylic acids is 1. The Hall–Kier alpha value is -2.98. The molecule has 1 N–H and O–H groups in total. The summed E-state index contributed by atoms with van der Waals surface area (Å²) in [6.07, 6.45) is 1.48. The van der Waals surface area contributed by atoms with Gasteiger partial charge in [0.05, 0.1) is 13.2 Å². The Kier molecular flexibility index (Phi) is 7.24. The summed E-state index contributed by atoms with van der Waals surface area (Å²) in [5, 5.41) is 1.83. The molecule has 174 valence electrons. The molecule has 1 amide bonds. The third-order valence-electron chi connectivity index (χ3n) is 5.51. The summed E-state index contributed by atoms with van der Waals surface area (Å²) in [7, 11) is -2.01. The van der Waals surface area contributed by atoms with Gasteiger partial charge in [-0.25, -0.2) is 13.4 Å². The first-order chi connectivity index (χ1) is 15.9. The Morgan fingerprint density at radius 3 is 2.06 bits per heavy atom. The lowest BCUT2D eigenvalue weighted by Crippen LogP contribution is -2.41. The van der Waals surface area contributed by atoms with Gasteiger partial charge in [0.15, 0.2) is 0 Å². The molecule has 3 aromatic rings. The van der Waals surface area contributed by atoms with Gasteiger partial charge in [0.2, 0.25) is 10.0 Å². The molecule has 1 aliphatic rings. The summed E-state index contributed by atoms with van der Waals surface area (Å²) in [6, 6.07) is 21.2. The van der Waals surface area contributed by atoms with E-state index in [-0.39, 0.29) is 16.5 Å². The second kappa shape index (κ2) is 10.3. The zero-order valence-electron chi connectivity index (χ0n) is 18.6. The van der Waals surface area contributed by atoms with Crippen molar-refractivity contribution in [2.24, 2.45) is 7.05 Å². The Balaban J connectivity index is 1.53. The van der Waals surface area contributed by atoms with Crippen molar-refractivity contribution >= 4 is 15.9 Å². The molecular formula is C24H28N4O4S. The minimum absolute atomic E-state index is 0.106. The van der Waals surface area contributed by atoms with Gasteiger partial charge in [-0.05, 0) is 17.2 Å². The maximum Gasteiger partial charge on any atom is 0.282 e. The number of aryl methyl sites for hydroxylation is 1. The number of sulfonamides is 1. The lowest BCUT2D eigenvalue weighted by atomic mass is 10.2. The lowest BCUT2D eigenvalue weighted by Gasteiger charge is -2.25. The highest BCUT2D eigenvalue weighted by molar-refractivity contribution is 7.89. The SMILES string of the molecule is Cn1cc(S(=O)(=O)N2CCOCC2)cc1C(=O)NN(Cc1ccccc1)Cc1ccccc1. The largest absolute Gasteiger partial charge is 0.379 e. The van der Waals surface area contributed by atoms with Crippen LogP contribution in [-0.4, -0.2) is 54.5 Å². The molecule has 33 heavy (non-hydrogen) atoms. The maximum absolute atomic E-state index is 13.2. The third-order valence-corrected chi connectivity index (χ3v) is 7.38. The molecule has 0 unspecified atom stereocenters. The van der Waals surface area contributed by atoms with E-state index in [9.17, 15) is 13.2 Å². The van der Waals surface area contributed by atoms with Crippen LogP contribution in [0.15, 0.2) is 77.8 Å². The fraction of sp³-hybridized carbons (Fsp3) is 0.292. The van der Waals surface area contributed by atoms with Crippen LogP contribution in [0.5, 0.6) is 0 Å². The van der Waals surface area contributed by atoms with Crippen molar-refractivity contribution in [3.63, 3.8) is 0 Å². The first kappa shape index (κ1) is 23.2. The number of ether oxygens (including phenoxy) is 1. The highest BCUT2D eigenvalue weighted by atomic mass is 32.2.